The van der Waals surface area contributed by atoms with E-state index >= 15 is 0 Å². The smallest absolute Gasteiger partial charge is 0.273 e. The van der Waals surface area contributed by atoms with Gasteiger partial charge in [-0.2, -0.15) is 0 Å². The summed E-state index contributed by atoms with van der Waals surface area (Å²) in [5, 5.41) is 18.2. The zero-order valence-corrected chi connectivity index (χ0v) is 12.5. The van der Waals surface area contributed by atoms with Crippen LogP contribution in [-0.2, 0) is 0 Å². The van der Waals surface area contributed by atoms with Crippen LogP contribution in [0.2, 0.25) is 0 Å². The quantitative estimate of drug-likeness (QED) is 0.252. The lowest BCUT2D eigenvalue weighted by molar-refractivity contribution is -0.385. The summed E-state index contributed by atoms with van der Waals surface area (Å²) in [7, 11) is 1.48. The zero-order chi connectivity index (χ0) is 16.0. The molecule has 0 bridgehead atoms. The fourth-order valence-electron chi connectivity index (χ4n) is 1.72. The van der Waals surface area contributed by atoms with Gasteiger partial charge in [-0.15, -0.1) is 0 Å². The lowest BCUT2D eigenvalue weighted by Gasteiger charge is -2.22. The van der Waals surface area contributed by atoms with Gasteiger partial charge < -0.3 is 15.2 Å². The van der Waals surface area contributed by atoms with E-state index in [9.17, 15) is 10.1 Å². The van der Waals surface area contributed by atoms with Crippen LogP contribution in [-0.4, -0.2) is 24.5 Å². The van der Waals surface area contributed by atoms with Crippen molar-refractivity contribution in [1.29, 1.82) is 5.41 Å². The average molecular weight is 295 g/mol. The molecule has 7 nitrogen and oxygen atoms in total. The van der Waals surface area contributed by atoms with Crippen molar-refractivity contribution in [1.82, 2.24) is 0 Å². The molecule has 116 valence electrons. The monoisotopic (exact) mass is 295 g/mol. The van der Waals surface area contributed by atoms with E-state index in [2.05, 4.69) is 0 Å². The number of hydrogen-bond donors (Lipinski definition) is 2. The Morgan fingerprint density at radius 1 is 1.43 bits per heavy atom. The summed E-state index contributed by atoms with van der Waals surface area (Å²) in [4.78, 5) is 10.3. The molecule has 0 fully saturated rings. The van der Waals surface area contributed by atoms with Crippen molar-refractivity contribution < 1.29 is 14.4 Å². The van der Waals surface area contributed by atoms with Crippen LogP contribution in [0.4, 0.5) is 5.69 Å². The summed E-state index contributed by atoms with van der Waals surface area (Å²) in [5.74, 6) is 0.925. The first kappa shape index (κ1) is 16.7. The number of nitro groups is 1. The van der Waals surface area contributed by atoms with Crippen LogP contribution in [0.1, 0.15) is 26.7 Å². The van der Waals surface area contributed by atoms with Gasteiger partial charge in [0.25, 0.3) is 5.69 Å². The average Bonchev–Trinajstić information content (AvgIpc) is 2.43. The fourth-order valence-corrected chi connectivity index (χ4v) is 1.72. The van der Waals surface area contributed by atoms with Crippen molar-refractivity contribution in [3.8, 4) is 11.5 Å². The van der Waals surface area contributed by atoms with Gasteiger partial charge in [0.05, 0.1) is 30.5 Å². The van der Waals surface area contributed by atoms with Crippen LogP contribution in [0.25, 0.3) is 0 Å². The van der Waals surface area contributed by atoms with E-state index in [0.29, 0.717) is 30.9 Å². The molecule has 21 heavy (non-hydrogen) atoms. The number of hydrogen-bond acceptors (Lipinski definition) is 5. The summed E-state index contributed by atoms with van der Waals surface area (Å²) in [6, 6.07) is 4.21. The number of nitro benzene ring substituents is 1. The van der Waals surface area contributed by atoms with Crippen LogP contribution in [0.3, 0.4) is 0 Å². The summed E-state index contributed by atoms with van der Waals surface area (Å²) >= 11 is 0. The Hall–Kier alpha value is -2.31. The molecular formula is C14H21N3O4. The molecule has 0 heterocycles. The molecule has 0 aromatic heterocycles. The van der Waals surface area contributed by atoms with Crippen molar-refractivity contribution in [3.63, 3.8) is 0 Å². The summed E-state index contributed by atoms with van der Waals surface area (Å²) in [5.41, 5.74) is 5.08. The van der Waals surface area contributed by atoms with Gasteiger partial charge in [0.15, 0.2) is 11.5 Å². The fraction of sp³-hybridized carbons (Fsp3) is 0.500. The predicted molar refractivity (Wildman–Crippen MR) is 80.1 cm³/mol. The molecule has 0 radical (unpaired) electrons. The number of amidine groups is 1. The molecule has 3 N–H and O–H groups in total. The second-order valence-corrected chi connectivity index (χ2v) is 5.34. The van der Waals surface area contributed by atoms with Gasteiger partial charge in [0.2, 0.25) is 0 Å². The van der Waals surface area contributed by atoms with Gasteiger partial charge in [-0.25, -0.2) is 0 Å². The third-order valence-corrected chi connectivity index (χ3v) is 3.29. The Kier molecular flexibility index (Phi) is 5.52. The predicted octanol–water partition coefficient (Wildman–Crippen LogP) is 2.72. The lowest BCUT2D eigenvalue weighted by atomic mass is 9.87. The SMILES string of the molecule is COc1ccc([N+](=O)[O-])cc1OCCCC(C)(C)C(=N)N. The van der Waals surface area contributed by atoms with Crippen molar-refractivity contribution in [3.05, 3.63) is 28.3 Å². The number of benzene rings is 1. The number of methoxy groups -OCH3 is 1. The van der Waals surface area contributed by atoms with Crippen LogP contribution < -0.4 is 15.2 Å². The number of non-ortho nitro benzene ring substituents is 1. The first-order valence-electron chi connectivity index (χ1n) is 6.57. The van der Waals surface area contributed by atoms with Crippen LogP contribution >= 0.6 is 0 Å². The van der Waals surface area contributed by atoms with Gasteiger partial charge in [-0.3, -0.25) is 15.5 Å². The standard InChI is InChI=1S/C14H21N3O4/c1-14(2,13(15)16)7-4-8-21-12-9-10(17(18)19)5-6-11(12)20-3/h5-6,9H,4,7-8H2,1-3H3,(H3,15,16). The van der Waals surface area contributed by atoms with Crippen molar-refractivity contribution in [2.45, 2.75) is 26.7 Å². The Labute approximate surface area is 123 Å². The molecule has 0 spiro atoms. The Balaban J connectivity index is 2.64. The Bertz CT molecular complexity index is 529. The molecule has 0 aliphatic carbocycles. The first-order valence-corrected chi connectivity index (χ1v) is 6.57. The number of ether oxygens (including phenoxy) is 2. The number of nitrogens with one attached hydrogen (secondary N) is 1. The highest BCUT2D eigenvalue weighted by Crippen LogP contribution is 2.31. The maximum absolute atomic E-state index is 10.8. The third kappa shape index (κ3) is 4.62. The highest BCUT2D eigenvalue weighted by molar-refractivity contribution is 5.82. The summed E-state index contributed by atoms with van der Waals surface area (Å²) < 4.78 is 10.7. The van der Waals surface area contributed by atoms with E-state index in [1.54, 1.807) is 0 Å². The molecule has 0 atom stereocenters. The topological polar surface area (TPSA) is 111 Å². The minimum Gasteiger partial charge on any atom is -0.493 e. The van der Waals surface area contributed by atoms with E-state index in [1.807, 2.05) is 13.8 Å². The number of rotatable bonds is 8. The van der Waals surface area contributed by atoms with E-state index in [4.69, 9.17) is 20.6 Å². The second-order valence-electron chi connectivity index (χ2n) is 5.34. The second kappa shape index (κ2) is 6.92. The van der Waals surface area contributed by atoms with Crippen LogP contribution in [0.5, 0.6) is 11.5 Å². The lowest BCUT2D eigenvalue weighted by Crippen LogP contribution is -2.31. The first-order chi connectivity index (χ1) is 9.77. The maximum Gasteiger partial charge on any atom is 0.273 e. The molecule has 1 rings (SSSR count). The Morgan fingerprint density at radius 3 is 2.62 bits per heavy atom. The molecule has 7 heteroatoms. The van der Waals surface area contributed by atoms with Gasteiger partial charge in [-0.1, -0.05) is 13.8 Å². The highest BCUT2D eigenvalue weighted by Gasteiger charge is 2.21. The molecule has 0 amide bonds. The van der Waals surface area contributed by atoms with Gasteiger partial charge in [-0.05, 0) is 18.9 Å². The molecule has 0 aliphatic rings. The van der Waals surface area contributed by atoms with Gasteiger partial charge >= 0.3 is 0 Å². The summed E-state index contributed by atoms with van der Waals surface area (Å²) in [6.45, 7) is 4.15. The molecule has 0 saturated carbocycles. The molecular weight excluding hydrogens is 274 g/mol. The van der Waals surface area contributed by atoms with Crippen LogP contribution in [0.15, 0.2) is 18.2 Å². The van der Waals surface area contributed by atoms with Gasteiger partial charge in [0.1, 0.15) is 0 Å². The maximum atomic E-state index is 10.8. The van der Waals surface area contributed by atoms with E-state index in [-0.39, 0.29) is 16.9 Å². The van der Waals surface area contributed by atoms with E-state index in [0.717, 1.165) is 0 Å². The normalized spacial score (nSPS) is 11.0. The van der Waals surface area contributed by atoms with Crippen molar-refractivity contribution in [2.24, 2.45) is 11.1 Å². The highest BCUT2D eigenvalue weighted by atomic mass is 16.6. The zero-order valence-electron chi connectivity index (χ0n) is 12.5. The number of nitrogens with zero attached hydrogens (tertiary/aromatic N) is 1. The molecule has 0 aliphatic heterocycles. The van der Waals surface area contributed by atoms with E-state index in [1.165, 1.54) is 25.3 Å². The van der Waals surface area contributed by atoms with Crippen molar-refractivity contribution >= 4 is 11.5 Å². The molecule has 0 unspecified atom stereocenters. The minimum absolute atomic E-state index is 0.0464. The minimum atomic E-state index is -0.481. The Morgan fingerprint density at radius 2 is 2.10 bits per heavy atom. The third-order valence-electron chi connectivity index (χ3n) is 3.29. The van der Waals surface area contributed by atoms with Crippen molar-refractivity contribution in [2.75, 3.05) is 13.7 Å². The van der Waals surface area contributed by atoms with Crippen LogP contribution in [0, 0.1) is 20.9 Å². The molecule has 1 aromatic carbocycles. The molecule has 1 aromatic rings. The van der Waals surface area contributed by atoms with E-state index < -0.39 is 4.92 Å². The number of nitrogens with two attached hydrogens (primary N) is 1. The molecule has 0 saturated heterocycles. The summed E-state index contributed by atoms with van der Waals surface area (Å²) in [6.07, 6.45) is 1.37. The van der Waals surface area contributed by atoms with Gasteiger partial charge in [0, 0.05) is 11.5 Å². The largest absolute Gasteiger partial charge is 0.493 e.